The summed E-state index contributed by atoms with van der Waals surface area (Å²) < 4.78 is 2.06. The van der Waals surface area contributed by atoms with E-state index in [1.807, 2.05) is 37.4 Å². The average Bonchev–Trinajstić information content (AvgIpc) is 2.78. The fraction of sp³-hybridized carbons (Fsp3) is 0.222. The number of benzene rings is 1. The number of halogens is 2. The lowest BCUT2D eigenvalue weighted by molar-refractivity contribution is -0.121. The van der Waals surface area contributed by atoms with Gasteiger partial charge in [-0.05, 0) is 48.4 Å². The molecule has 0 aliphatic carbocycles. The zero-order valence-electron chi connectivity index (χ0n) is 13.0. The highest BCUT2D eigenvalue weighted by Crippen LogP contribution is 2.35. The summed E-state index contributed by atoms with van der Waals surface area (Å²) in [5.41, 5.74) is 4.85. The van der Waals surface area contributed by atoms with Crippen molar-refractivity contribution >= 4 is 34.8 Å². The highest BCUT2D eigenvalue weighted by atomic mass is 35.5. The van der Waals surface area contributed by atoms with Crippen molar-refractivity contribution in [3.63, 3.8) is 0 Å². The Hall–Kier alpha value is -2.04. The van der Waals surface area contributed by atoms with Gasteiger partial charge in [-0.1, -0.05) is 23.2 Å². The average molecular weight is 360 g/mol. The number of fused-ring (bicyclic) bond motifs is 3. The highest BCUT2D eigenvalue weighted by molar-refractivity contribution is 6.34. The molecule has 0 saturated carbocycles. The molecule has 1 aromatic carbocycles. The van der Waals surface area contributed by atoms with E-state index in [4.69, 9.17) is 28.2 Å². The number of aryl methyl sites for hydroxylation is 1. The molecule has 122 valence electrons. The Kier molecular flexibility index (Phi) is 3.74. The number of imidazole rings is 1. The SMILES string of the molecule is Cc1ccn2c3c(nc2c1)CNC(=O)C[C@@H]3c1cc(Cl)cc(Cl)c1. The van der Waals surface area contributed by atoms with Crippen LogP contribution in [0.15, 0.2) is 36.5 Å². The smallest absolute Gasteiger partial charge is 0.221 e. The largest absolute Gasteiger partial charge is 0.350 e. The van der Waals surface area contributed by atoms with Crippen LogP contribution in [0.3, 0.4) is 0 Å². The number of pyridine rings is 1. The third kappa shape index (κ3) is 2.66. The first-order valence-electron chi connectivity index (χ1n) is 7.71. The zero-order chi connectivity index (χ0) is 16.8. The normalized spacial score (nSPS) is 17.5. The van der Waals surface area contributed by atoms with Gasteiger partial charge >= 0.3 is 0 Å². The van der Waals surface area contributed by atoms with E-state index in [0.29, 0.717) is 23.0 Å². The predicted molar refractivity (Wildman–Crippen MR) is 94.7 cm³/mol. The summed E-state index contributed by atoms with van der Waals surface area (Å²) in [6.45, 7) is 2.47. The Bertz CT molecular complexity index is 944. The lowest BCUT2D eigenvalue weighted by Gasteiger charge is -2.16. The summed E-state index contributed by atoms with van der Waals surface area (Å²) in [6.07, 6.45) is 2.34. The summed E-state index contributed by atoms with van der Waals surface area (Å²) in [5, 5.41) is 4.05. The monoisotopic (exact) mass is 359 g/mol. The van der Waals surface area contributed by atoms with Crippen LogP contribution in [0.5, 0.6) is 0 Å². The number of nitrogens with one attached hydrogen (secondary N) is 1. The Morgan fingerprint density at radius 2 is 1.96 bits per heavy atom. The number of carbonyl (C=O) groups is 1. The van der Waals surface area contributed by atoms with E-state index in [9.17, 15) is 4.79 Å². The van der Waals surface area contributed by atoms with Crippen LogP contribution in [0, 0.1) is 6.92 Å². The minimum atomic E-state index is -0.142. The molecule has 6 heteroatoms. The second kappa shape index (κ2) is 5.80. The van der Waals surface area contributed by atoms with Gasteiger partial charge in [-0.25, -0.2) is 4.98 Å². The molecule has 3 aromatic rings. The Morgan fingerprint density at radius 3 is 2.71 bits per heavy atom. The second-order valence-electron chi connectivity index (χ2n) is 6.11. The molecule has 0 unspecified atom stereocenters. The molecule has 3 heterocycles. The van der Waals surface area contributed by atoms with Gasteiger partial charge in [0.15, 0.2) is 0 Å². The van der Waals surface area contributed by atoms with Crippen LogP contribution in [0.1, 0.15) is 34.9 Å². The fourth-order valence-corrected chi connectivity index (χ4v) is 3.84. The Morgan fingerprint density at radius 1 is 1.21 bits per heavy atom. The molecule has 4 rings (SSSR count). The first-order valence-corrected chi connectivity index (χ1v) is 8.47. The third-order valence-corrected chi connectivity index (χ3v) is 4.79. The number of aromatic nitrogens is 2. The molecule has 24 heavy (non-hydrogen) atoms. The van der Waals surface area contributed by atoms with Gasteiger partial charge in [-0.15, -0.1) is 0 Å². The third-order valence-electron chi connectivity index (χ3n) is 4.35. The molecule has 1 atom stereocenters. The summed E-state index contributed by atoms with van der Waals surface area (Å²) in [6, 6.07) is 9.51. The van der Waals surface area contributed by atoms with Gasteiger partial charge in [0.05, 0.1) is 17.9 Å². The molecule has 1 N–H and O–H groups in total. The van der Waals surface area contributed by atoms with Crippen molar-refractivity contribution < 1.29 is 4.79 Å². The van der Waals surface area contributed by atoms with Crippen molar-refractivity contribution in [1.29, 1.82) is 0 Å². The number of rotatable bonds is 1. The van der Waals surface area contributed by atoms with Crippen molar-refractivity contribution in [1.82, 2.24) is 14.7 Å². The number of hydrogen-bond acceptors (Lipinski definition) is 2. The number of hydrogen-bond donors (Lipinski definition) is 1. The summed E-state index contributed by atoms with van der Waals surface area (Å²) in [5.74, 6) is -0.147. The highest BCUT2D eigenvalue weighted by Gasteiger charge is 2.29. The Balaban J connectivity index is 1.96. The van der Waals surface area contributed by atoms with Gasteiger partial charge in [0.25, 0.3) is 0 Å². The maximum atomic E-state index is 12.2. The first-order chi connectivity index (χ1) is 11.5. The molecule has 0 saturated heterocycles. The summed E-state index contributed by atoms with van der Waals surface area (Å²) in [7, 11) is 0. The van der Waals surface area contributed by atoms with E-state index in [0.717, 1.165) is 28.2 Å². The van der Waals surface area contributed by atoms with Crippen molar-refractivity contribution in [2.24, 2.45) is 0 Å². The lowest BCUT2D eigenvalue weighted by Crippen LogP contribution is -2.21. The maximum Gasteiger partial charge on any atom is 0.221 e. The Labute approximate surface area is 149 Å². The molecule has 4 nitrogen and oxygen atoms in total. The molecule has 2 aromatic heterocycles. The maximum absolute atomic E-state index is 12.2. The number of carbonyl (C=O) groups excluding carboxylic acids is 1. The van der Waals surface area contributed by atoms with Crippen LogP contribution >= 0.6 is 23.2 Å². The van der Waals surface area contributed by atoms with Gasteiger partial charge in [0, 0.05) is 28.6 Å². The fourth-order valence-electron chi connectivity index (χ4n) is 3.30. The van der Waals surface area contributed by atoms with Crippen LogP contribution < -0.4 is 5.32 Å². The lowest BCUT2D eigenvalue weighted by atomic mass is 9.91. The zero-order valence-corrected chi connectivity index (χ0v) is 14.5. The van der Waals surface area contributed by atoms with E-state index >= 15 is 0 Å². The van der Waals surface area contributed by atoms with Crippen LogP contribution in [-0.2, 0) is 11.3 Å². The molecule has 1 aliphatic heterocycles. The minimum absolute atomic E-state index is 0.00467. The molecule has 0 bridgehead atoms. The van der Waals surface area contributed by atoms with Gasteiger partial charge in [0.2, 0.25) is 5.91 Å². The second-order valence-corrected chi connectivity index (χ2v) is 6.99. The van der Waals surface area contributed by atoms with Crippen molar-refractivity contribution in [2.75, 3.05) is 0 Å². The molecule has 1 aliphatic rings. The van der Waals surface area contributed by atoms with Crippen LogP contribution in [0.4, 0.5) is 0 Å². The summed E-state index contributed by atoms with van der Waals surface area (Å²) >= 11 is 12.4. The predicted octanol–water partition coefficient (Wildman–Crippen LogP) is 4.10. The topological polar surface area (TPSA) is 46.4 Å². The van der Waals surface area contributed by atoms with E-state index in [1.165, 1.54) is 0 Å². The van der Waals surface area contributed by atoms with E-state index < -0.39 is 0 Å². The van der Waals surface area contributed by atoms with E-state index in [2.05, 4.69) is 9.72 Å². The quantitative estimate of drug-likeness (QED) is 0.710. The molecule has 0 radical (unpaired) electrons. The van der Waals surface area contributed by atoms with Crippen molar-refractivity contribution in [2.45, 2.75) is 25.8 Å². The molecule has 0 fully saturated rings. The van der Waals surface area contributed by atoms with Gasteiger partial charge in [0.1, 0.15) is 5.65 Å². The first kappa shape index (κ1) is 15.5. The van der Waals surface area contributed by atoms with Gasteiger partial charge < -0.3 is 9.72 Å². The van der Waals surface area contributed by atoms with Gasteiger partial charge in [-0.3, -0.25) is 4.79 Å². The van der Waals surface area contributed by atoms with Crippen molar-refractivity contribution in [3.8, 4) is 0 Å². The number of amides is 1. The van der Waals surface area contributed by atoms with Crippen LogP contribution in [-0.4, -0.2) is 15.3 Å². The van der Waals surface area contributed by atoms with Gasteiger partial charge in [-0.2, -0.15) is 0 Å². The molecule has 1 amide bonds. The standard InChI is InChI=1S/C18H15Cl2N3O/c1-10-2-3-23-16(4-10)22-15-9-21-17(24)8-14(18(15)23)11-5-12(19)7-13(20)6-11/h2-7,14H,8-9H2,1H3,(H,21,24)/t14-/m1/s1. The molecular weight excluding hydrogens is 345 g/mol. The molecule has 0 spiro atoms. The van der Waals surface area contributed by atoms with E-state index in [1.54, 1.807) is 6.07 Å². The minimum Gasteiger partial charge on any atom is -0.350 e. The van der Waals surface area contributed by atoms with Crippen LogP contribution in [0.25, 0.3) is 5.65 Å². The van der Waals surface area contributed by atoms with E-state index in [-0.39, 0.29) is 11.8 Å². The summed E-state index contributed by atoms with van der Waals surface area (Å²) in [4.78, 5) is 16.9. The van der Waals surface area contributed by atoms with Crippen molar-refractivity contribution in [3.05, 3.63) is 69.1 Å². The van der Waals surface area contributed by atoms with Crippen LogP contribution in [0.2, 0.25) is 10.0 Å². The molecular formula is C18H15Cl2N3O. The number of nitrogens with zero attached hydrogens (tertiary/aromatic N) is 2.